The van der Waals surface area contributed by atoms with Crippen LogP contribution in [0.5, 0.6) is 5.75 Å². The minimum absolute atomic E-state index is 0.127. The number of thioether (sulfide) groups is 1. The first kappa shape index (κ1) is 22.9. The first-order chi connectivity index (χ1) is 15.9. The Bertz CT molecular complexity index is 1250. The lowest BCUT2D eigenvalue weighted by molar-refractivity contribution is -0.115. The zero-order chi connectivity index (χ0) is 23.4. The summed E-state index contributed by atoms with van der Waals surface area (Å²) in [6, 6.07) is 15.7. The summed E-state index contributed by atoms with van der Waals surface area (Å²) < 4.78 is 21.8. The predicted octanol–water partition coefficient (Wildman–Crippen LogP) is 4.83. The number of hydrogen-bond acceptors (Lipinski definition) is 8. The van der Waals surface area contributed by atoms with E-state index in [1.54, 1.807) is 32.0 Å². The lowest BCUT2D eigenvalue weighted by Crippen LogP contribution is -2.23. The second kappa shape index (κ2) is 10.1. The Kier molecular flexibility index (Phi) is 6.99. The minimum Gasteiger partial charge on any atom is -0.480 e. The highest BCUT2D eigenvalue weighted by Gasteiger charge is 2.25. The number of para-hydroxylation sites is 2. The highest BCUT2D eigenvalue weighted by Crippen LogP contribution is 2.31. The van der Waals surface area contributed by atoms with Gasteiger partial charge < -0.3 is 4.74 Å². The summed E-state index contributed by atoms with van der Waals surface area (Å²) in [7, 11) is 0. The standard InChI is InChI=1S/C22H21FN6O2S2/c1-13(31-18-12-8-7-11-17(18)23)19-26-28-22(29(19)16-9-5-4-6-10-16)32-14(2)20(30)24-21-27-25-15(3)33-21/h4-14H,1-3H3,(H,24,27,30). The van der Waals surface area contributed by atoms with Gasteiger partial charge in [0.15, 0.2) is 28.7 Å². The number of carbonyl (C=O) groups is 1. The Hall–Kier alpha value is -3.31. The molecular weight excluding hydrogens is 463 g/mol. The molecule has 0 spiro atoms. The van der Waals surface area contributed by atoms with E-state index in [-0.39, 0.29) is 11.7 Å². The van der Waals surface area contributed by atoms with Gasteiger partial charge in [-0.1, -0.05) is 53.4 Å². The third-order valence-corrected chi connectivity index (χ3v) is 6.38. The van der Waals surface area contributed by atoms with E-state index < -0.39 is 17.2 Å². The number of halogens is 1. The molecule has 2 aromatic carbocycles. The number of amides is 1. The van der Waals surface area contributed by atoms with Crippen LogP contribution >= 0.6 is 23.1 Å². The van der Waals surface area contributed by atoms with Crippen molar-refractivity contribution in [1.82, 2.24) is 25.0 Å². The number of aromatic nitrogens is 5. The fourth-order valence-corrected chi connectivity index (χ4v) is 4.46. The monoisotopic (exact) mass is 484 g/mol. The van der Waals surface area contributed by atoms with Crippen molar-refractivity contribution in [2.75, 3.05) is 5.32 Å². The quantitative estimate of drug-likeness (QED) is 0.358. The molecule has 0 fully saturated rings. The highest BCUT2D eigenvalue weighted by molar-refractivity contribution is 8.00. The number of hydrogen-bond donors (Lipinski definition) is 1. The van der Waals surface area contributed by atoms with Crippen molar-refractivity contribution in [1.29, 1.82) is 0 Å². The van der Waals surface area contributed by atoms with E-state index in [0.717, 1.165) is 10.7 Å². The van der Waals surface area contributed by atoms with E-state index in [1.165, 1.54) is 29.2 Å². The van der Waals surface area contributed by atoms with Crippen LogP contribution in [0.2, 0.25) is 0 Å². The fourth-order valence-electron chi connectivity index (χ4n) is 2.99. The Morgan fingerprint density at radius 2 is 1.79 bits per heavy atom. The molecule has 0 saturated carbocycles. The van der Waals surface area contributed by atoms with E-state index in [4.69, 9.17) is 4.74 Å². The van der Waals surface area contributed by atoms with Crippen LogP contribution in [0.1, 0.15) is 30.8 Å². The van der Waals surface area contributed by atoms with Crippen molar-refractivity contribution in [3.8, 4) is 11.4 Å². The number of ether oxygens (including phenoxy) is 1. The van der Waals surface area contributed by atoms with E-state index >= 15 is 0 Å². The van der Waals surface area contributed by atoms with E-state index in [1.807, 2.05) is 41.8 Å². The molecule has 0 saturated heterocycles. The Labute approximate surface area is 198 Å². The molecule has 0 radical (unpaired) electrons. The van der Waals surface area contributed by atoms with Gasteiger partial charge in [-0.2, -0.15) is 0 Å². The Morgan fingerprint density at radius 1 is 1.06 bits per heavy atom. The number of rotatable bonds is 8. The molecule has 0 aliphatic rings. The average molecular weight is 485 g/mol. The zero-order valence-corrected chi connectivity index (χ0v) is 19.7. The summed E-state index contributed by atoms with van der Waals surface area (Å²) in [6.07, 6.45) is -0.600. The molecule has 2 atom stereocenters. The molecule has 170 valence electrons. The van der Waals surface area contributed by atoms with Gasteiger partial charge in [-0.25, -0.2) is 4.39 Å². The normalized spacial score (nSPS) is 12.8. The first-order valence-corrected chi connectivity index (χ1v) is 11.8. The van der Waals surface area contributed by atoms with E-state index in [0.29, 0.717) is 16.1 Å². The molecule has 2 unspecified atom stereocenters. The van der Waals surface area contributed by atoms with Crippen LogP contribution in [0, 0.1) is 12.7 Å². The number of nitrogens with zero attached hydrogens (tertiary/aromatic N) is 5. The van der Waals surface area contributed by atoms with Crippen molar-refractivity contribution in [2.24, 2.45) is 0 Å². The molecule has 4 aromatic rings. The molecule has 2 heterocycles. The van der Waals surface area contributed by atoms with Gasteiger partial charge in [0.1, 0.15) is 5.01 Å². The smallest absolute Gasteiger partial charge is 0.239 e. The number of aryl methyl sites for hydroxylation is 1. The van der Waals surface area contributed by atoms with Gasteiger partial charge in [0.25, 0.3) is 0 Å². The average Bonchev–Trinajstić information content (AvgIpc) is 3.41. The summed E-state index contributed by atoms with van der Waals surface area (Å²) in [5.41, 5.74) is 0.802. The summed E-state index contributed by atoms with van der Waals surface area (Å²) in [4.78, 5) is 12.7. The summed E-state index contributed by atoms with van der Waals surface area (Å²) in [5.74, 6) is -0.0703. The molecule has 0 aliphatic heterocycles. The Morgan fingerprint density at radius 3 is 2.48 bits per heavy atom. The van der Waals surface area contributed by atoms with Gasteiger partial charge in [-0.3, -0.25) is 14.7 Å². The van der Waals surface area contributed by atoms with Crippen LogP contribution < -0.4 is 10.1 Å². The van der Waals surface area contributed by atoms with Crippen molar-refractivity contribution in [2.45, 2.75) is 37.3 Å². The molecular formula is C22H21FN6O2S2. The Balaban J connectivity index is 1.59. The van der Waals surface area contributed by atoms with E-state index in [9.17, 15) is 9.18 Å². The maximum atomic E-state index is 14.1. The predicted molar refractivity (Wildman–Crippen MR) is 125 cm³/mol. The zero-order valence-electron chi connectivity index (χ0n) is 18.1. The van der Waals surface area contributed by atoms with Crippen molar-refractivity contribution >= 4 is 34.1 Å². The summed E-state index contributed by atoms with van der Waals surface area (Å²) in [5, 5.41) is 20.5. The summed E-state index contributed by atoms with van der Waals surface area (Å²) >= 11 is 2.56. The lowest BCUT2D eigenvalue weighted by atomic mass is 10.3. The van der Waals surface area contributed by atoms with Crippen LogP contribution in [0.15, 0.2) is 59.8 Å². The minimum atomic E-state index is -0.600. The lowest BCUT2D eigenvalue weighted by Gasteiger charge is -2.17. The van der Waals surface area contributed by atoms with Gasteiger partial charge in [0.05, 0.1) is 5.25 Å². The van der Waals surface area contributed by atoms with E-state index in [2.05, 4.69) is 25.7 Å². The maximum Gasteiger partial charge on any atom is 0.239 e. The third-order valence-electron chi connectivity index (χ3n) is 4.58. The molecule has 2 aromatic heterocycles. The van der Waals surface area contributed by atoms with Crippen LogP contribution in [0.4, 0.5) is 9.52 Å². The van der Waals surface area contributed by atoms with Crippen molar-refractivity contribution in [3.63, 3.8) is 0 Å². The SMILES string of the molecule is Cc1nnc(NC(=O)C(C)Sc2nnc(C(C)Oc3ccccc3F)n2-c2ccccc2)s1. The second-order valence-corrected chi connectivity index (χ2v) is 9.57. The number of anilines is 1. The molecule has 1 amide bonds. The summed E-state index contributed by atoms with van der Waals surface area (Å²) in [6.45, 7) is 5.37. The van der Waals surface area contributed by atoms with Crippen LogP contribution in [-0.4, -0.2) is 36.1 Å². The van der Waals surface area contributed by atoms with Gasteiger partial charge in [-0.15, -0.1) is 20.4 Å². The molecule has 4 rings (SSSR count). The number of benzene rings is 2. The first-order valence-electron chi connectivity index (χ1n) is 10.1. The molecule has 1 N–H and O–H groups in total. The third kappa shape index (κ3) is 5.37. The fraction of sp³-hybridized carbons (Fsp3) is 0.227. The molecule has 11 heteroatoms. The molecule has 33 heavy (non-hydrogen) atoms. The maximum absolute atomic E-state index is 14.1. The van der Waals surface area contributed by atoms with Gasteiger partial charge in [-0.05, 0) is 45.0 Å². The number of nitrogens with one attached hydrogen (secondary N) is 1. The van der Waals surface area contributed by atoms with Gasteiger partial charge >= 0.3 is 0 Å². The molecule has 0 bridgehead atoms. The van der Waals surface area contributed by atoms with Crippen LogP contribution in [0.25, 0.3) is 5.69 Å². The van der Waals surface area contributed by atoms with Crippen LogP contribution in [-0.2, 0) is 4.79 Å². The van der Waals surface area contributed by atoms with Gasteiger partial charge in [0.2, 0.25) is 11.0 Å². The van der Waals surface area contributed by atoms with Crippen LogP contribution in [0.3, 0.4) is 0 Å². The van der Waals surface area contributed by atoms with Gasteiger partial charge in [0, 0.05) is 5.69 Å². The molecule has 8 nitrogen and oxygen atoms in total. The largest absolute Gasteiger partial charge is 0.480 e. The number of carbonyl (C=O) groups excluding carboxylic acids is 1. The van der Waals surface area contributed by atoms with Crippen molar-refractivity contribution < 1.29 is 13.9 Å². The second-order valence-electron chi connectivity index (χ2n) is 7.08. The highest BCUT2D eigenvalue weighted by atomic mass is 32.2. The molecule has 0 aliphatic carbocycles. The topological polar surface area (TPSA) is 94.8 Å². The van der Waals surface area contributed by atoms with Crippen molar-refractivity contribution in [3.05, 3.63) is 71.2 Å².